The summed E-state index contributed by atoms with van der Waals surface area (Å²) in [5, 5.41) is 3.07. The molecule has 1 heterocycles. The first-order chi connectivity index (χ1) is 5.29. The van der Waals surface area contributed by atoms with Gasteiger partial charge in [0.15, 0.2) is 0 Å². The topological polar surface area (TPSA) is 33.3 Å². The number of alkyl halides is 2. The molecule has 11 heavy (non-hydrogen) atoms. The van der Waals surface area contributed by atoms with Crippen molar-refractivity contribution in [2.45, 2.75) is 25.5 Å². The van der Waals surface area contributed by atoms with E-state index in [0.29, 0.717) is 6.54 Å². The van der Waals surface area contributed by atoms with Gasteiger partial charge in [-0.3, -0.25) is 0 Å². The van der Waals surface area contributed by atoms with Crippen molar-refractivity contribution >= 4 is 0 Å². The van der Waals surface area contributed by atoms with E-state index in [1.807, 2.05) is 0 Å². The minimum Gasteiger partial charge on any atom is -0.315 e. The van der Waals surface area contributed by atoms with Gasteiger partial charge < -0.3 is 5.32 Å². The van der Waals surface area contributed by atoms with Crippen molar-refractivity contribution < 1.29 is 13.6 Å². The summed E-state index contributed by atoms with van der Waals surface area (Å²) in [5.41, 5.74) is 2.31. The number of rotatable bonds is 3. The second kappa shape index (κ2) is 4.58. The number of hydrogen-bond donors (Lipinski definition) is 2. The van der Waals surface area contributed by atoms with Crippen LogP contribution in [0.5, 0.6) is 0 Å². The summed E-state index contributed by atoms with van der Waals surface area (Å²) in [5.74, 6) is 0. The molecule has 66 valence electrons. The van der Waals surface area contributed by atoms with Crippen LogP contribution in [0.4, 0.5) is 8.78 Å². The zero-order valence-electron chi connectivity index (χ0n) is 6.15. The second-order valence-electron chi connectivity index (χ2n) is 2.54. The summed E-state index contributed by atoms with van der Waals surface area (Å²) in [6.07, 6.45) is 1.89. The van der Waals surface area contributed by atoms with Gasteiger partial charge in [-0.25, -0.2) is 4.84 Å². The van der Waals surface area contributed by atoms with Crippen molar-refractivity contribution in [3.05, 3.63) is 0 Å². The Labute approximate surface area is 64.1 Å². The molecule has 0 aromatic carbocycles. The normalized spacial score (nSPS) is 25.9. The van der Waals surface area contributed by atoms with Gasteiger partial charge in [-0.2, -0.15) is 14.3 Å². The molecule has 2 N–H and O–H groups in total. The summed E-state index contributed by atoms with van der Waals surface area (Å²) in [4.78, 5) is 3.96. The van der Waals surface area contributed by atoms with Gasteiger partial charge in [0.2, 0.25) is 0 Å². The Bertz CT molecular complexity index is 107. The van der Waals surface area contributed by atoms with Gasteiger partial charge in [-0.05, 0) is 19.4 Å². The average Bonchev–Trinajstić information content (AvgIpc) is 2.03. The summed E-state index contributed by atoms with van der Waals surface area (Å²) < 4.78 is 23.0. The van der Waals surface area contributed by atoms with Crippen molar-refractivity contribution in [3.63, 3.8) is 0 Å². The predicted molar refractivity (Wildman–Crippen MR) is 36.1 cm³/mol. The average molecular weight is 166 g/mol. The fraction of sp³-hybridized carbons (Fsp3) is 1.00. The Kier molecular flexibility index (Phi) is 3.68. The van der Waals surface area contributed by atoms with Crippen molar-refractivity contribution in [1.82, 2.24) is 10.8 Å². The minimum absolute atomic E-state index is 0.0257. The van der Waals surface area contributed by atoms with Gasteiger partial charge in [0.25, 0.3) is 0 Å². The van der Waals surface area contributed by atoms with Gasteiger partial charge in [0.05, 0.1) is 0 Å². The Morgan fingerprint density at radius 1 is 1.55 bits per heavy atom. The summed E-state index contributed by atoms with van der Waals surface area (Å²) in [7, 11) is 0. The van der Waals surface area contributed by atoms with Gasteiger partial charge >= 0.3 is 6.61 Å². The number of halogens is 2. The van der Waals surface area contributed by atoms with Gasteiger partial charge in [0, 0.05) is 12.6 Å². The number of hydroxylamine groups is 1. The van der Waals surface area contributed by atoms with Crippen molar-refractivity contribution in [3.8, 4) is 0 Å². The Morgan fingerprint density at radius 2 is 2.36 bits per heavy atom. The third kappa shape index (κ3) is 3.60. The standard InChI is InChI=1S/C6H12F2N2O/c7-6(8)11-10-5-2-1-3-9-4-5/h5-6,9-10H,1-4H2. The molecule has 3 nitrogen and oxygen atoms in total. The molecule has 1 saturated heterocycles. The van der Waals surface area contributed by atoms with Crippen LogP contribution in [0.1, 0.15) is 12.8 Å². The van der Waals surface area contributed by atoms with Crippen molar-refractivity contribution in [2.24, 2.45) is 0 Å². The van der Waals surface area contributed by atoms with Crippen LogP contribution in [-0.4, -0.2) is 25.7 Å². The fourth-order valence-electron chi connectivity index (χ4n) is 1.10. The molecule has 1 unspecified atom stereocenters. The van der Waals surface area contributed by atoms with Crippen LogP contribution in [0.2, 0.25) is 0 Å². The molecule has 1 fully saturated rings. The molecular weight excluding hydrogens is 154 g/mol. The second-order valence-corrected chi connectivity index (χ2v) is 2.54. The Balaban J connectivity index is 2.05. The van der Waals surface area contributed by atoms with E-state index in [4.69, 9.17) is 0 Å². The molecule has 0 aliphatic carbocycles. The van der Waals surface area contributed by atoms with E-state index in [-0.39, 0.29) is 6.04 Å². The predicted octanol–water partition coefficient (Wildman–Crippen LogP) is 0.482. The van der Waals surface area contributed by atoms with Crippen LogP contribution in [0, 0.1) is 0 Å². The number of piperidine rings is 1. The summed E-state index contributed by atoms with van der Waals surface area (Å²) >= 11 is 0. The summed E-state index contributed by atoms with van der Waals surface area (Å²) in [6.45, 7) is -1.06. The highest BCUT2D eigenvalue weighted by Gasteiger charge is 2.13. The lowest BCUT2D eigenvalue weighted by molar-refractivity contribution is -0.182. The highest BCUT2D eigenvalue weighted by atomic mass is 19.3. The van der Waals surface area contributed by atoms with Gasteiger partial charge in [-0.1, -0.05) is 0 Å². The molecule has 0 aromatic rings. The molecule has 1 aliphatic heterocycles. The first-order valence-corrected chi connectivity index (χ1v) is 3.69. The van der Waals surface area contributed by atoms with Crippen molar-refractivity contribution in [2.75, 3.05) is 13.1 Å². The maximum Gasteiger partial charge on any atom is 0.360 e. The quantitative estimate of drug-likeness (QED) is 0.598. The molecular formula is C6H12F2N2O. The van der Waals surface area contributed by atoms with E-state index in [2.05, 4.69) is 15.6 Å². The van der Waals surface area contributed by atoms with Crippen LogP contribution < -0.4 is 10.8 Å². The van der Waals surface area contributed by atoms with Crippen LogP contribution in [0.3, 0.4) is 0 Å². The first kappa shape index (κ1) is 8.83. The van der Waals surface area contributed by atoms with E-state index in [0.717, 1.165) is 19.4 Å². The van der Waals surface area contributed by atoms with E-state index >= 15 is 0 Å². The zero-order chi connectivity index (χ0) is 8.10. The Morgan fingerprint density at radius 3 is 2.91 bits per heavy atom. The highest BCUT2D eigenvalue weighted by Crippen LogP contribution is 2.02. The van der Waals surface area contributed by atoms with Crippen molar-refractivity contribution in [1.29, 1.82) is 0 Å². The SMILES string of the molecule is FC(F)ONC1CCCNC1. The van der Waals surface area contributed by atoms with Crippen LogP contribution in [0.15, 0.2) is 0 Å². The summed E-state index contributed by atoms with van der Waals surface area (Å²) in [6, 6.07) is 0.0257. The minimum atomic E-state index is -2.73. The lowest BCUT2D eigenvalue weighted by atomic mass is 10.1. The lowest BCUT2D eigenvalue weighted by Crippen LogP contribution is -2.43. The smallest absolute Gasteiger partial charge is 0.315 e. The molecule has 0 amide bonds. The lowest BCUT2D eigenvalue weighted by Gasteiger charge is -2.22. The molecule has 0 bridgehead atoms. The van der Waals surface area contributed by atoms with Crippen LogP contribution in [-0.2, 0) is 4.84 Å². The third-order valence-corrected chi connectivity index (χ3v) is 1.62. The number of hydrogen-bond acceptors (Lipinski definition) is 3. The fourth-order valence-corrected chi connectivity index (χ4v) is 1.10. The molecule has 0 saturated carbocycles. The van der Waals surface area contributed by atoms with E-state index in [1.54, 1.807) is 0 Å². The highest BCUT2D eigenvalue weighted by molar-refractivity contribution is 4.71. The third-order valence-electron chi connectivity index (χ3n) is 1.62. The van der Waals surface area contributed by atoms with E-state index in [1.165, 1.54) is 0 Å². The monoisotopic (exact) mass is 166 g/mol. The zero-order valence-corrected chi connectivity index (χ0v) is 6.15. The Hall–Kier alpha value is -0.260. The maximum atomic E-state index is 11.5. The molecule has 0 radical (unpaired) electrons. The van der Waals surface area contributed by atoms with Crippen LogP contribution in [0.25, 0.3) is 0 Å². The van der Waals surface area contributed by atoms with Gasteiger partial charge in [0.1, 0.15) is 0 Å². The number of nitrogens with one attached hydrogen (secondary N) is 2. The molecule has 1 atom stereocenters. The molecule has 1 aliphatic rings. The maximum absolute atomic E-state index is 11.5. The molecule has 1 rings (SSSR count). The van der Waals surface area contributed by atoms with Crippen LogP contribution >= 0.6 is 0 Å². The van der Waals surface area contributed by atoms with Gasteiger partial charge in [-0.15, -0.1) is 0 Å². The first-order valence-electron chi connectivity index (χ1n) is 3.69. The molecule has 5 heteroatoms. The molecule has 0 aromatic heterocycles. The van der Waals surface area contributed by atoms with E-state index in [9.17, 15) is 8.78 Å². The largest absolute Gasteiger partial charge is 0.360 e. The molecule has 0 spiro atoms. The van der Waals surface area contributed by atoms with E-state index < -0.39 is 6.61 Å².